The van der Waals surface area contributed by atoms with Crippen molar-refractivity contribution in [1.82, 2.24) is 0 Å². The molecule has 0 saturated carbocycles. The first-order valence-corrected chi connectivity index (χ1v) is 47.3. The second-order valence-electron chi connectivity index (χ2n) is 30.6. The van der Waals surface area contributed by atoms with Gasteiger partial charge in [-0.25, -0.2) is 9.13 Å². The fraction of sp³-hybridized carbons (Fsp3) is 0.953. The Morgan fingerprint density at radius 3 is 0.567 bits per heavy atom. The monoisotopic (exact) mass is 1520 g/mol. The molecule has 19 heteroatoms. The van der Waals surface area contributed by atoms with Gasteiger partial charge in [0.25, 0.3) is 0 Å². The largest absolute Gasteiger partial charge is 0.472 e. The molecule has 0 aliphatic carbocycles. The van der Waals surface area contributed by atoms with Gasteiger partial charge in [0.2, 0.25) is 0 Å². The Morgan fingerprint density at radius 2 is 0.385 bits per heavy atom. The minimum absolute atomic E-state index is 0.108. The molecule has 0 aromatic carbocycles. The molecule has 104 heavy (non-hydrogen) atoms. The lowest BCUT2D eigenvalue weighted by molar-refractivity contribution is -0.161. The fourth-order valence-electron chi connectivity index (χ4n) is 13.3. The van der Waals surface area contributed by atoms with Crippen LogP contribution in [-0.4, -0.2) is 96.7 Å². The van der Waals surface area contributed by atoms with Crippen LogP contribution in [0.5, 0.6) is 0 Å². The highest BCUT2D eigenvalue weighted by molar-refractivity contribution is 7.47. The molecule has 3 N–H and O–H groups in total. The van der Waals surface area contributed by atoms with Crippen LogP contribution in [-0.2, 0) is 65.4 Å². The zero-order valence-electron chi connectivity index (χ0n) is 68.0. The first kappa shape index (κ1) is 102. The molecular weight excluding hydrogens is 1350 g/mol. The number of unbranched alkanes of at least 4 members (excludes halogenated alkanes) is 60. The summed E-state index contributed by atoms with van der Waals surface area (Å²) in [5, 5.41) is 10.6. The standard InChI is InChI=1S/C85H166O17P2/c1-5-9-13-17-21-25-28-30-32-34-36-38-40-42-44-46-48-51-54-58-62-66-70-83(88)96-76-81(102-85(90)72-68-64-60-56-52-49-47-45-43-41-39-37-35-33-31-29-26-22-18-14-10-6-2)78-100-104(93,94)98-74-79(86)73-97-103(91,92)99-77-80(75-95-82(87)69-65-61-57-53-24-20-16-12-8-4)101-84(89)71-67-63-59-55-50-27-23-19-15-11-7-3/h79-81,86H,5-78H2,1-4H3,(H,91,92)(H,93,94)/t79-,80+,81+/m0/s1. The number of esters is 4. The second kappa shape index (κ2) is 79.2. The van der Waals surface area contributed by atoms with Gasteiger partial charge in [-0.2, -0.15) is 0 Å². The molecule has 0 rings (SSSR count). The molecule has 0 aromatic heterocycles. The van der Waals surface area contributed by atoms with Gasteiger partial charge in [0, 0.05) is 25.7 Å². The molecule has 0 aliphatic heterocycles. The van der Waals surface area contributed by atoms with Crippen molar-refractivity contribution in [3.05, 3.63) is 0 Å². The third-order valence-electron chi connectivity index (χ3n) is 20.1. The SMILES string of the molecule is CCCCCCCCCCCCCCCCCCCCCCCCC(=O)OC[C@H](COP(=O)(O)OC[C@@H](O)COP(=O)(O)OC[C@@H](COC(=O)CCCCCCCCCCC)OC(=O)CCCCCCCCCCCCC)OC(=O)CCCCCCCCCCCCCCCCCCCCCCCC. The van der Waals surface area contributed by atoms with Crippen LogP contribution in [0.25, 0.3) is 0 Å². The van der Waals surface area contributed by atoms with E-state index in [0.717, 1.165) is 89.9 Å². The van der Waals surface area contributed by atoms with E-state index in [0.29, 0.717) is 25.7 Å². The number of carbonyl (C=O) groups is 4. The lowest BCUT2D eigenvalue weighted by Gasteiger charge is -2.21. The molecule has 2 unspecified atom stereocenters. The highest BCUT2D eigenvalue weighted by Crippen LogP contribution is 2.45. The smallest absolute Gasteiger partial charge is 0.462 e. The third kappa shape index (κ3) is 78.2. The molecule has 5 atom stereocenters. The van der Waals surface area contributed by atoms with Gasteiger partial charge >= 0.3 is 39.5 Å². The molecule has 0 radical (unpaired) electrons. The van der Waals surface area contributed by atoms with Gasteiger partial charge in [0.15, 0.2) is 12.2 Å². The average Bonchev–Trinajstić information content (AvgIpc) is 2.40. The minimum Gasteiger partial charge on any atom is -0.462 e. The van der Waals surface area contributed by atoms with Crippen LogP contribution in [0.1, 0.15) is 464 Å². The van der Waals surface area contributed by atoms with Gasteiger partial charge < -0.3 is 33.8 Å². The molecule has 618 valence electrons. The molecule has 17 nitrogen and oxygen atoms in total. The van der Waals surface area contributed by atoms with Crippen molar-refractivity contribution in [1.29, 1.82) is 0 Å². The van der Waals surface area contributed by atoms with Gasteiger partial charge in [-0.05, 0) is 25.7 Å². The fourth-order valence-corrected chi connectivity index (χ4v) is 14.9. The lowest BCUT2D eigenvalue weighted by atomic mass is 10.0. The predicted octanol–water partition coefficient (Wildman–Crippen LogP) is 26.1. The predicted molar refractivity (Wildman–Crippen MR) is 428 cm³/mol. The van der Waals surface area contributed by atoms with Crippen molar-refractivity contribution < 1.29 is 80.2 Å². The highest BCUT2D eigenvalue weighted by atomic mass is 31.2. The van der Waals surface area contributed by atoms with Gasteiger partial charge in [-0.3, -0.25) is 37.3 Å². The zero-order chi connectivity index (χ0) is 76.0. The van der Waals surface area contributed by atoms with Crippen LogP contribution in [0, 0.1) is 0 Å². The van der Waals surface area contributed by atoms with E-state index in [1.807, 2.05) is 0 Å². The van der Waals surface area contributed by atoms with E-state index < -0.39 is 97.5 Å². The maximum absolute atomic E-state index is 13.1. The van der Waals surface area contributed by atoms with Crippen LogP contribution in [0.3, 0.4) is 0 Å². The second-order valence-corrected chi connectivity index (χ2v) is 33.5. The maximum Gasteiger partial charge on any atom is 0.472 e. The topological polar surface area (TPSA) is 237 Å². The lowest BCUT2D eigenvalue weighted by Crippen LogP contribution is -2.30. The molecular formula is C85H166O17P2. The summed E-state index contributed by atoms with van der Waals surface area (Å²) in [7, 11) is -9.92. The minimum atomic E-state index is -4.96. The Hall–Kier alpha value is -1.94. The molecule has 0 bridgehead atoms. The Labute approximate surface area is 638 Å². The number of carbonyl (C=O) groups excluding carboxylic acids is 4. The van der Waals surface area contributed by atoms with E-state index >= 15 is 0 Å². The number of ether oxygens (including phenoxy) is 4. The van der Waals surface area contributed by atoms with Crippen molar-refractivity contribution in [2.75, 3.05) is 39.6 Å². The van der Waals surface area contributed by atoms with Crippen LogP contribution in [0.15, 0.2) is 0 Å². The van der Waals surface area contributed by atoms with Crippen LogP contribution in [0.4, 0.5) is 0 Å². The summed E-state index contributed by atoms with van der Waals surface area (Å²) in [4.78, 5) is 73.0. The normalized spacial score (nSPS) is 13.7. The number of hydrogen-bond acceptors (Lipinski definition) is 15. The van der Waals surface area contributed by atoms with E-state index in [4.69, 9.17) is 37.0 Å². The Kier molecular flexibility index (Phi) is 77.7. The molecule has 0 amide bonds. The number of hydrogen-bond donors (Lipinski definition) is 3. The van der Waals surface area contributed by atoms with Crippen molar-refractivity contribution in [2.45, 2.75) is 483 Å². The van der Waals surface area contributed by atoms with E-state index in [2.05, 4.69) is 27.7 Å². The van der Waals surface area contributed by atoms with E-state index in [1.165, 1.54) is 295 Å². The van der Waals surface area contributed by atoms with Crippen molar-refractivity contribution in [3.63, 3.8) is 0 Å². The van der Waals surface area contributed by atoms with Gasteiger partial charge in [-0.15, -0.1) is 0 Å². The zero-order valence-corrected chi connectivity index (χ0v) is 69.8. The summed E-state index contributed by atoms with van der Waals surface area (Å²) in [6.07, 6.45) is 73.9. The molecule has 0 heterocycles. The highest BCUT2D eigenvalue weighted by Gasteiger charge is 2.30. The first-order valence-electron chi connectivity index (χ1n) is 44.3. The third-order valence-corrected chi connectivity index (χ3v) is 22.0. The Bertz CT molecular complexity index is 1960. The summed E-state index contributed by atoms with van der Waals surface area (Å²) >= 11 is 0. The summed E-state index contributed by atoms with van der Waals surface area (Å²) in [5.41, 5.74) is 0. The molecule has 0 spiro atoms. The molecule has 0 fully saturated rings. The van der Waals surface area contributed by atoms with E-state index in [-0.39, 0.29) is 25.7 Å². The van der Waals surface area contributed by atoms with Crippen molar-refractivity contribution >= 4 is 39.5 Å². The quantitative estimate of drug-likeness (QED) is 0.0222. The average molecular weight is 1520 g/mol. The van der Waals surface area contributed by atoms with Crippen molar-refractivity contribution in [2.24, 2.45) is 0 Å². The van der Waals surface area contributed by atoms with Crippen molar-refractivity contribution in [3.8, 4) is 0 Å². The van der Waals surface area contributed by atoms with Gasteiger partial charge in [-0.1, -0.05) is 413 Å². The Morgan fingerprint density at radius 1 is 0.231 bits per heavy atom. The molecule has 0 aliphatic rings. The van der Waals surface area contributed by atoms with E-state index in [1.54, 1.807) is 0 Å². The summed E-state index contributed by atoms with van der Waals surface area (Å²) in [6, 6.07) is 0. The number of rotatable bonds is 86. The summed E-state index contributed by atoms with van der Waals surface area (Å²) in [6.45, 7) is 5.01. The number of aliphatic hydroxyl groups excluding tert-OH is 1. The number of phosphoric acid groups is 2. The Balaban J connectivity index is 5.15. The van der Waals surface area contributed by atoms with E-state index in [9.17, 15) is 43.2 Å². The van der Waals surface area contributed by atoms with Crippen LogP contribution < -0.4 is 0 Å². The maximum atomic E-state index is 13.1. The number of phosphoric ester groups is 2. The summed E-state index contributed by atoms with van der Waals surface area (Å²) in [5.74, 6) is -2.10. The molecule has 0 saturated heterocycles. The number of aliphatic hydroxyl groups is 1. The van der Waals surface area contributed by atoms with Gasteiger partial charge in [0.1, 0.15) is 19.3 Å². The summed E-state index contributed by atoms with van der Waals surface area (Å²) < 4.78 is 68.7. The van der Waals surface area contributed by atoms with Crippen LogP contribution >= 0.6 is 15.6 Å². The van der Waals surface area contributed by atoms with Crippen LogP contribution in [0.2, 0.25) is 0 Å². The van der Waals surface area contributed by atoms with Gasteiger partial charge in [0.05, 0.1) is 26.4 Å². The molecule has 0 aromatic rings. The first-order chi connectivity index (χ1) is 50.7.